The molecule has 0 aromatic carbocycles. The predicted octanol–water partition coefficient (Wildman–Crippen LogP) is 0.221. The summed E-state index contributed by atoms with van der Waals surface area (Å²) in [6.45, 7) is 3.84. The largest absolute Gasteiger partial charge is 0.491 e. The van der Waals surface area contributed by atoms with Crippen molar-refractivity contribution in [3.8, 4) is 0 Å². The summed E-state index contributed by atoms with van der Waals surface area (Å²) in [6, 6.07) is 0.323. The van der Waals surface area contributed by atoms with Gasteiger partial charge in [-0.05, 0) is 33.1 Å². The van der Waals surface area contributed by atoms with Crippen molar-refractivity contribution < 1.29 is 45.5 Å². The van der Waals surface area contributed by atoms with Crippen molar-refractivity contribution in [1.29, 1.82) is 0 Å². The fraction of sp³-hybridized carbons (Fsp3) is 0.824. The van der Waals surface area contributed by atoms with Crippen LogP contribution in [0.2, 0.25) is 18.1 Å². The lowest BCUT2D eigenvalue weighted by Gasteiger charge is -2.36. The van der Waals surface area contributed by atoms with Gasteiger partial charge in [-0.3, -0.25) is 0 Å². The number of isocyanates is 3. The minimum absolute atomic E-state index is 0.0898. The van der Waals surface area contributed by atoms with E-state index in [-0.39, 0.29) is 37.8 Å². The molecular weight excluding hydrogens is 490 g/mol. The summed E-state index contributed by atoms with van der Waals surface area (Å²) in [4.78, 5) is 64.3. The molecule has 13 nitrogen and oxygen atoms in total. The predicted molar refractivity (Wildman–Crippen MR) is 117 cm³/mol. The lowest BCUT2D eigenvalue weighted by atomic mass is 10.1. The second kappa shape index (κ2) is 12.8. The highest BCUT2D eigenvalue weighted by molar-refractivity contribution is 6.80. The summed E-state index contributed by atoms with van der Waals surface area (Å²) in [5, 5.41) is 0. The van der Waals surface area contributed by atoms with Gasteiger partial charge >= 0.3 is 26.4 Å². The van der Waals surface area contributed by atoms with E-state index >= 15 is 0 Å². The van der Waals surface area contributed by atoms with Crippen molar-refractivity contribution >= 4 is 44.7 Å². The van der Waals surface area contributed by atoms with Crippen LogP contribution in [0.15, 0.2) is 15.0 Å². The maximum absolute atomic E-state index is 11.3. The second-order valence-electron chi connectivity index (χ2n) is 7.77. The first kappa shape index (κ1) is 27.8. The summed E-state index contributed by atoms with van der Waals surface area (Å²) >= 11 is 0. The third kappa shape index (κ3) is 8.35. The number of carbonyl (C=O) groups excluding carboxylic acids is 3. The number of hydrogen-bond acceptors (Lipinski definition) is 13. The first-order valence-electron chi connectivity index (χ1n) is 10.7. The minimum atomic E-state index is -3.89. The van der Waals surface area contributed by atoms with E-state index in [0.717, 1.165) is 0 Å². The quantitative estimate of drug-likeness (QED) is 0.157. The zero-order valence-corrected chi connectivity index (χ0v) is 21.6. The molecule has 4 unspecified atom stereocenters. The molecule has 4 atom stereocenters. The Hall–Kier alpha value is -1.49. The highest BCUT2D eigenvalue weighted by Crippen LogP contribution is 2.39. The van der Waals surface area contributed by atoms with E-state index in [1.807, 2.05) is 0 Å². The number of nitrogens with zero attached hydrogens (tertiary/aromatic N) is 3. The maximum atomic E-state index is 11.3. The van der Waals surface area contributed by atoms with E-state index in [0.29, 0.717) is 19.3 Å². The van der Waals surface area contributed by atoms with Crippen LogP contribution in [0.5, 0.6) is 0 Å². The zero-order chi connectivity index (χ0) is 24.4. The molecule has 0 aromatic heterocycles. The Labute approximate surface area is 194 Å². The molecule has 2 aliphatic heterocycles. The van der Waals surface area contributed by atoms with E-state index < -0.39 is 44.7 Å². The van der Waals surface area contributed by atoms with Gasteiger partial charge in [0.15, 0.2) is 0 Å². The standard InChI is InChI=1S/C17H29N3O10Si3/c1-15-17-16(2)27-32(25,10-4-7-19-13-22)30-33(28-17,11-5-8-20-14-23)29-31(24,26-15)9-3-6-18-12-21/h15-17,24-25H,3-11H2,1-2H3. The van der Waals surface area contributed by atoms with Crippen LogP contribution in [-0.4, -0.2) is 92.2 Å². The molecule has 0 aromatic rings. The fourth-order valence-electron chi connectivity index (χ4n) is 3.75. The summed E-state index contributed by atoms with van der Waals surface area (Å²) in [6.07, 6.45) is 3.31. The van der Waals surface area contributed by atoms with Gasteiger partial charge in [0, 0.05) is 18.1 Å². The van der Waals surface area contributed by atoms with Gasteiger partial charge in [-0.25, -0.2) is 29.4 Å². The van der Waals surface area contributed by atoms with Gasteiger partial charge in [0.05, 0.1) is 37.9 Å². The Bertz CT molecular complexity index is 757. The molecule has 33 heavy (non-hydrogen) atoms. The Balaban J connectivity index is 2.36. The maximum Gasteiger partial charge on any atom is 0.491 e. The molecule has 2 saturated heterocycles. The van der Waals surface area contributed by atoms with Crippen molar-refractivity contribution in [2.24, 2.45) is 15.0 Å². The van der Waals surface area contributed by atoms with Crippen LogP contribution in [0.4, 0.5) is 0 Å². The van der Waals surface area contributed by atoms with Crippen LogP contribution in [0.1, 0.15) is 33.1 Å². The molecule has 184 valence electrons. The van der Waals surface area contributed by atoms with E-state index in [4.69, 9.17) is 21.5 Å². The SMILES string of the molecule is CC1O[Si](O)(CCCN=C=O)O[Si]2(CCCN=C=O)OC1C(C)O[Si](O)(CCCN=C=O)O2. The average Bonchev–Trinajstić information content (AvgIpc) is 2.93. The number of aliphatic imine (C=N–C) groups is 3. The van der Waals surface area contributed by atoms with Crippen LogP contribution in [0, 0.1) is 0 Å². The molecule has 2 aliphatic rings. The Morgan fingerprint density at radius 2 is 1.09 bits per heavy atom. The third-order valence-corrected chi connectivity index (χ3v) is 15.2. The van der Waals surface area contributed by atoms with Crippen LogP contribution in [0.25, 0.3) is 0 Å². The first-order chi connectivity index (χ1) is 15.7. The average molecular weight is 520 g/mol. The molecule has 2 fully saturated rings. The van der Waals surface area contributed by atoms with Gasteiger partial charge in [-0.2, -0.15) is 0 Å². The lowest BCUT2D eigenvalue weighted by molar-refractivity contribution is -0.0213. The van der Waals surface area contributed by atoms with Gasteiger partial charge in [0.2, 0.25) is 18.2 Å². The summed E-state index contributed by atoms with van der Waals surface area (Å²) < 4.78 is 30.4. The number of rotatable bonds is 12. The highest BCUT2D eigenvalue weighted by Gasteiger charge is 2.63. The molecule has 2 rings (SSSR count). The highest BCUT2D eigenvalue weighted by atomic mass is 28.5. The normalized spacial score (nSPS) is 35.8. The van der Waals surface area contributed by atoms with Gasteiger partial charge in [0.25, 0.3) is 0 Å². The molecule has 16 heteroatoms. The molecule has 2 heterocycles. The van der Waals surface area contributed by atoms with Crippen molar-refractivity contribution in [3.63, 3.8) is 0 Å². The van der Waals surface area contributed by atoms with Gasteiger partial charge in [-0.1, -0.05) is 0 Å². The van der Waals surface area contributed by atoms with E-state index in [9.17, 15) is 24.0 Å². The van der Waals surface area contributed by atoms with E-state index in [1.165, 1.54) is 18.2 Å². The molecule has 0 spiro atoms. The van der Waals surface area contributed by atoms with Crippen molar-refractivity contribution in [2.45, 2.75) is 69.6 Å². The van der Waals surface area contributed by atoms with Gasteiger partial charge < -0.3 is 31.1 Å². The lowest BCUT2D eigenvalue weighted by Crippen LogP contribution is -2.61. The molecule has 0 saturated carbocycles. The van der Waals surface area contributed by atoms with Crippen LogP contribution < -0.4 is 0 Å². The fourth-order valence-corrected chi connectivity index (χ4v) is 15.0. The Morgan fingerprint density at radius 3 is 1.48 bits per heavy atom. The first-order valence-corrected chi connectivity index (χ1v) is 16.6. The Morgan fingerprint density at radius 1 is 0.697 bits per heavy atom. The molecule has 2 N–H and O–H groups in total. The molecular formula is C17H29N3O10Si3. The molecule has 0 radical (unpaired) electrons. The molecule has 0 aliphatic carbocycles. The van der Waals surface area contributed by atoms with Gasteiger partial charge in [0.1, 0.15) is 0 Å². The van der Waals surface area contributed by atoms with E-state index in [2.05, 4.69) is 15.0 Å². The monoisotopic (exact) mass is 519 g/mol. The van der Waals surface area contributed by atoms with Crippen LogP contribution >= 0.6 is 0 Å². The van der Waals surface area contributed by atoms with Crippen LogP contribution in [0.3, 0.4) is 0 Å². The van der Waals surface area contributed by atoms with Crippen molar-refractivity contribution in [1.82, 2.24) is 0 Å². The van der Waals surface area contributed by atoms with E-state index in [1.54, 1.807) is 13.8 Å². The molecule has 2 bridgehead atoms. The third-order valence-electron chi connectivity index (χ3n) is 5.08. The topological polar surface area (TPSA) is 175 Å². The smallest absolute Gasteiger partial charge is 0.390 e. The number of fused-ring (bicyclic) bond motifs is 2. The van der Waals surface area contributed by atoms with Crippen molar-refractivity contribution in [2.75, 3.05) is 19.6 Å². The second-order valence-corrected chi connectivity index (χ2v) is 15.8. The van der Waals surface area contributed by atoms with Crippen molar-refractivity contribution in [3.05, 3.63) is 0 Å². The number of hydrogen-bond donors (Lipinski definition) is 2. The molecule has 0 amide bonds. The van der Waals surface area contributed by atoms with Crippen LogP contribution in [-0.2, 0) is 35.9 Å². The summed E-state index contributed by atoms with van der Waals surface area (Å²) in [5.41, 5.74) is 0. The van der Waals surface area contributed by atoms with Gasteiger partial charge in [-0.15, -0.1) is 0 Å². The summed E-state index contributed by atoms with van der Waals surface area (Å²) in [7, 11) is -11.6. The zero-order valence-electron chi connectivity index (χ0n) is 18.6. The Kier molecular flexibility index (Phi) is 10.8. The minimum Gasteiger partial charge on any atom is -0.390 e. The summed E-state index contributed by atoms with van der Waals surface area (Å²) in [5.74, 6) is 0.